The molecule has 1 heterocycles. The van der Waals surface area contributed by atoms with Gasteiger partial charge in [0.15, 0.2) is 5.78 Å². The van der Waals surface area contributed by atoms with Crippen LogP contribution < -0.4 is 4.72 Å². The fourth-order valence-electron chi connectivity index (χ4n) is 2.23. The minimum Gasteiger partial charge on any atom is -0.292 e. The molecule has 110 valence electrons. The molecule has 3 rings (SSSR count). The number of allylic oxidation sites excluding steroid dienone is 2. The Labute approximate surface area is 123 Å². The lowest BCUT2D eigenvalue weighted by Crippen LogP contribution is -2.33. The number of sulfonamides is 1. The highest BCUT2D eigenvalue weighted by Crippen LogP contribution is 2.28. The molecule has 1 atom stereocenters. The van der Waals surface area contributed by atoms with E-state index in [0.29, 0.717) is 5.69 Å². The fourth-order valence-corrected chi connectivity index (χ4v) is 3.70. The average Bonchev–Trinajstić information content (AvgIpc) is 3.24. The van der Waals surface area contributed by atoms with Gasteiger partial charge in [0.25, 0.3) is 0 Å². The lowest BCUT2D eigenvalue weighted by Gasteiger charge is -2.08. The number of ketones is 1. The Morgan fingerprint density at radius 3 is 2.81 bits per heavy atom. The highest BCUT2D eigenvalue weighted by Gasteiger charge is 2.36. The number of carbonyl (C=O) groups excluding carboxylic acids is 1. The van der Waals surface area contributed by atoms with Crippen molar-refractivity contribution in [2.45, 2.75) is 30.6 Å². The largest absolute Gasteiger partial charge is 0.292 e. The first-order valence-corrected chi connectivity index (χ1v) is 8.43. The first kappa shape index (κ1) is 14.2. The Balaban J connectivity index is 1.62. The maximum absolute atomic E-state index is 12.0. The number of carbonyl (C=O) groups is 1. The van der Waals surface area contributed by atoms with E-state index in [4.69, 9.17) is 0 Å². The maximum atomic E-state index is 12.0. The molecule has 1 aromatic heterocycles. The molecular formula is C15H16N2O3S. The van der Waals surface area contributed by atoms with Gasteiger partial charge in [-0.1, -0.05) is 24.3 Å². The van der Waals surface area contributed by atoms with Gasteiger partial charge in [0.1, 0.15) is 5.69 Å². The van der Waals surface area contributed by atoms with E-state index in [2.05, 4.69) is 9.71 Å². The summed E-state index contributed by atoms with van der Waals surface area (Å²) in [5.74, 6) is -0.0720. The van der Waals surface area contributed by atoms with Gasteiger partial charge in [-0.05, 0) is 30.5 Å². The van der Waals surface area contributed by atoms with E-state index in [9.17, 15) is 13.2 Å². The van der Waals surface area contributed by atoms with Crippen molar-refractivity contribution in [3.63, 3.8) is 0 Å². The summed E-state index contributed by atoms with van der Waals surface area (Å²) in [6.45, 7) is 0. The monoisotopic (exact) mass is 304 g/mol. The second-order valence-corrected chi connectivity index (χ2v) is 7.30. The van der Waals surface area contributed by atoms with Crippen LogP contribution in [-0.2, 0) is 10.0 Å². The molecule has 21 heavy (non-hydrogen) atoms. The standard InChI is InChI=1S/C15H16N2O3S/c18-15(14-3-1-2-8-16-14)10-11-4-5-12(9-11)17-21(19,20)13-6-7-13/h1-5,8-9,12-13,17H,6-7,10H2. The molecule has 5 nitrogen and oxygen atoms in total. The van der Waals surface area contributed by atoms with Crippen LogP contribution in [0.5, 0.6) is 0 Å². The lowest BCUT2D eigenvalue weighted by atomic mass is 10.1. The molecule has 6 heteroatoms. The van der Waals surface area contributed by atoms with Crippen LogP contribution >= 0.6 is 0 Å². The number of aromatic nitrogens is 1. The zero-order valence-corrected chi connectivity index (χ0v) is 12.2. The van der Waals surface area contributed by atoms with Crippen molar-refractivity contribution in [2.24, 2.45) is 0 Å². The molecule has 0 amide bonds. The van der Waals surface area contributed by atoms with E-state index in [1.54, 1.807) is 42.6 Å². The smallest absolute Gasteiger partial charge is 0.215 e. The third-order valence-electron chi connectivity index (χ3n) is 3.49. The first-order valence-electron chi connectivity index (χ1n) is 6.89. The van der Waals surface area contributed by atoms with E-state index in [-0.39, 0.29) is 23.5 Å². The first-order chi connectivity index (χ1) is 10.0. The van der Waals surface area contributed by atoms with Gasteiger partial charge in [-0.25, -0.2) is 13.1 Å². The van der Waals surface area contributed by atoms with Crippen LogP contribution in [0, 0.1) is 0 Å². The summed E-state index contributed by atoms with van der Waals surface area (Å²) < 4.78 is 26.3. The molecule has 1 N–H and O–H groups in total. The molecular weight excluding hydrogens is 288 g/mol. The zero-order chi connectivity index (χ0) is 14.9. The van der Waals surface area contributed by atoms with Gasteiger partial charge in [-0.2, -0.15) is 0 Å². The zero-order valence-electron chi connectivity index (χ0n) is 11.4. The number of pyridine rings is 1. The van der Waals surface area contributed by atoms with Crippen molar-refractivity contribution in [3.8, 4) is 0 Å². The van der Waals surface area contributed by atoms with Crippen LogP contribution in [0.4, 0.5) is 0 Å². The lowest BCUT2D eigenvalue weighted by molar-refractivity contribution is 0.0989. The van der Waals surface area contributed by atoms with E-state index in [0.717, 1.165) is 18.4 Å². The Kier molecular flexibility index (Phi) is 3.73. The van der Waals surface area contributed by atoms with E-state index in [1.807, 2.05) is 0 Å². The second-order valence-electron chi connectivity index (χ2n) is 5.30. The number of nitrogens with zero attached hydrogens (tertiary/aromatic N) is 1. The molecule has 0 aromatic carbocycles. The Morgan fingerprint density at radius 2 is 2.14 bits per heavy atom. The van der Waals surface area contributed by atoms with Crippen LogP contribution in [0.2, 0.25) is 0 Å². The topological polar surface area (TPSA) is 76.1 Å². The van der Waals surface area contributed by atoms with Crippen LogP contribution in [0.3, 0.4) is 0 Å². The summed E-state index contributed by atoms with van der Waals surface area (Å²) >= 11 is 0. The predicted molar refractivity (Wildman–Crippen MR) is 79.3 cm³/mol. The van der Waals surface area contributed by atoms with Crippen LogP contribution in [0.1, 0.15) is 29.8 Å². The minimum absolute atomic E-state index is 0.0720. The van der Waals surface area contributed by atoms with Crippen molar-refractivity contribution in [1.29, 1.82) is 0 Å². The normalized spacial score (nSPS) is 21.3. The third kappa shape index (κ3) is 3.46. The van der Waals surface area contributed by atoms with Crippen molar-refractivity contribution < 1.29 is 13.2 Å². The molecule has 1 fully saturated rings. The summed E-state index contributed by atoms with van der Waals surface area (Å²) in [6.07, 6.45) is 8.62. The van der Waals surface area contributed by atoms with E-state index >= 15 is 0 Å². The molecule has 2 aliphatic rings. The van der Waals surface area contributed by atoms with Gasteiger partial charge in [0, 0.05) is 12.6 Å². The van der Waals surface area contributed by atoms with E-state index < -0.39 is 10.0 Å². The SMILES string of the molecule is O=C(CC1=CC(NS(=O)(=O)C2CC2)C=C1)c1ccccn1. The van der Waals surface area contributed by atoms with Crippen molar-refractivity contribution in [2.75, 3.05) is 0 Å². The van der Waals surface area contributed by atoms with Gasteiger partial charge in [0.2, 0.25) is 10.0 Å². The van der Waals surface area contributed by atoms with E-state index in [1.165, 1.54) is 0 Å². The summed E-state index contributed by atoms with van der Waals surface area (Å²) in [5, 5.41) is -0.237. The molecule has 0 bridgehead atoms. The van der Waals surface area contributed by atoms with Crippen molar-refractivity contribution in [1.82, 2.24) is 9.71 Å². The molecule has 0 spiro atoms. The molecule has 0 radical (unpaired) electrons. The summed E-state index contributed by atoms with van der Waals surface area (Å²) in [4.78, 5) is 16.1. The number of nitrogens with one attached hydrogen (secondary N) is 1. The summed E-state index contributed by atoms with van der Waals surface area (Å²) in [6, 6.07) is 4.86. The number of hydrogen-bond acceptors (Lipinski definition) is 4. The predicted octanol–water partition coefficient (Wildman–Crippen LogP) is 1.60. The maximum Gasteiger partial charge on any atom is 0.215 e. The summed E-state index contributed by atoms with van der Waals surface area (Å²) in [5.41, 5.74) is 1.24. The van der Waals surface area contributed by atoms with Crippen LogP contribution in [0.15, 0.2) is 48.2 Å². The molecule has 0 saturated heterocycles. The number of Topliss-reactive ketones (excluding diaryl/α,β-unsaturated/α-hetero) is 1. The molecule has 1 aromatic rings. The van der Waals surface area contributed by atoms with Crippen LogP contribution in [-0.4, -0.2) is 30.5 Å². The fraction of sp³-hybridized carbons (Fsp3) is 0.333. The Morgan fingerprint density at radius 1 is 1.33 bits per heavy atom. The second kappa shape index (κ2) is 5.54. The quantitative estimate of drug-likeness (QED) is 0.810. The van der Waals surface area contributed by atoms with Gasteiger partial charge in [0.05, 0.1) is 11.3 Å². The molecule has 0 aliphatic heterocycles. The summed E-state index contributed by atoms with van der Waals surface area (Å²) in [7, 11) is -3.22. The van der Waals surface area contributed by atoms with Gasteiger partial charge < -0.3 is 0 Å². The highest BCUT2D eigenvalue weighted by molar-refractivity contribution is 7.90. The Bertz CT molecular complexity index is 704. The van der Waals surface area contributed by atoms with Crippen LogP contribution in [0.25, 0.3) is 0 Å². The average molecular weight is 304 g/mol. The van der Waals surface area contributed by atoms with Gasteiger partial charge in [-0.3, -0.25) is 9.78 Å². The Hall–Kier alpha value is -1.79. The minimum atomic E-state index is -3.22. The highest BCUT2D eigenvalue weighted by atomic mass is 32.2. The molecule has 1 saturated carbocycles. The molecule has 2 aliphatic carbocycles. The number of hydrogen-bond donors (Lipinski definition) is 1. The van der Waals surface area contributed by atoms with Gasteiger partial charge in [-0.15, -0.1) is 0 Å². The van der Waals surface area contributed by atoms with Crippen molar-refractivity contribution in [3.05, 3.63) is 53.9 Å². The van der Waals surface area contributed by atoms with Gasteiger partial charge >= 0.3 is 0 Å². The molecule has 1 unspecified atom stereocenters. The van der Waals surface area contributed by atoms with Crippen molar-refractivity contribution >= 4 is 15.8 Å². The third-order valence-corrected chi connectivity index (χ3v) is 5.44. The number of rotatable bonds is 6.